The van der Waals surface area contributed by atoms with Crippen molar-refractivity contribution >= 4 is 27.5 Å². The van der Waals surface area contributed by atoms with E-state index >= 15 is 0 Å². The number of anilines is 1. The van der Waals surface area contributed by atoms with Gasteiger partial charge in [-0.3, -0.25) is 9.59 Å². The van der Waals surface area contributed by atoms with Crippen LogP contribution in [0.3, 0.4) is 0 Å². The lowest BCUT2D eigenvalue weighted by atomic mass is 9.88. The Morgan fingerprint density at radius 2 is 1.95 bits per heavy atom. The number of sulfonamides is 1. The first-order valence-electron chi connectivity index (χ1n) is 14.3. The highest BCUT2D eigenvalue weighted by Gasteiger charge is 2.35. The van der Waals surface area contributed by atoms with Gasteiger partial charge in [0.25, 0.3) is 0 Å². The topological polar surface area (TPSA) is 142 Å². The Labute approximate surface area is 242 Å². The second kappa shape index (κ2) is 12.9. The summed E-state index contributed by atoms with van der Waals surface area (Å²) in [5, 5.41) is 16.7. The molecule has 0 radical (unpaired) electrons. The Kier molecular flexibility index (Phi) is 9.76. The molecule has 0 bridgehead atoms. The van der Waals surface area contributed by atoms with Gasteiger partial charge in [-0.1, -0.05) is 31.3 Å². The summed E-state index contributed by atoms with van der Waals surface area (Å²) in [5.41, 5.74) is 1.45. The summed E-state index contributed by atoms with van der Waals surface area (Å²) in [7, 11) is -2.45. The SMILES string of the molecule is Cc1noc(C)c1S(=O)(=O)N(C)C[C@@H]1Oc2ccc(NC(=O)C3CCCCC3)cc2CC(=O)N([C@H](C)CO)C[C@H]1C. The van der Waals surface area contributed by atoms with Crippen molar-refractivity contribution in [2.45, 2.75) is 83.3 Å². The van der Waals surface area contributed by atoms with Gasteiger partial charge in [0.2, 0.25) is 21.8 Å². The zero-order chi connectivity index (χ0) is 29.9. The van der Waals surface area contributed by atoms with E-state index in [0.29, 0.717) is 17.0 Å². The number of fused-ring (bicyclic) bond motifs is 1. The number of likely N-dealkylation sites (N-methyl/N-ethyl adjacent to an activating group) is 1. The number of carbonyl (C=O) groups excluding carboxylic acids is 2. The Morgan fingerprint density at radius 1 is 1.24 bits per heavy atom. The summed E-state index contributed by atoms with van der Waals surface area (Å²) in [6.45, 7) is 6.86. The largest absolute Gasteiger partial charge is 0.488 e. The average molecular weight is 591 g/mol. The molecule has 1 aromatic carbocycles. The molecule has 1 aliphatic carbocycles. The average Bonchev–Trinajstić information content (AvgIpc) is 3.31. The van der Waals surface area contributed by atoms with Crippen LogP contribution in [0.1, 0.15) is 63.0 Å². The van der Waals surface area contributed by atoms with Gasteiger partial charge in [-0.15, -0.1) is 0 Å². The number of aryl methyl sites for hydroxylation is 2. The third kappa shape index (κ3) is 6.92. The van der Waals surface area contributed by atoms with Crippen molar-refractivity contribution in [2.75, 3.05) is 32.1 Å². The number of nitrogens with one attached hydrogen (secondary N) is 1. The van der Waals surface area contributed by atoms with E-state index in [1.807, 2.05) is 6.92 Å². The molecular weight excluding hydrogens is 548 g/mol. The van der Waals surface area contributed by atoms with Crippen molar-refractivity contribution in [3.63, 3.8) is 0 Å². The Balaban J connectivity index is 1.64. The van der Waals surface area contributed by atoms with E-state index in [0.717, 1.165) is 32.1 Å². The van der Waals surface area contributed by atoms with Crippen LogP contribution in [-0.4, -0.2) is 78.6 Å². The summed E-state index contributed by atoms with van der Waals surface area (Å²) in [5.74, 6) is 0.150. The third-order valence-corrected chi connectivity index (χ3v) is 10.3. The zero-order valence-electron chi connectivity index (χ0n) is 24.6. The van der Waals surface area contributed by atoms with Gasteiger partial charge >= 0.3 is 0 Å². The van der Waals surface area contributed by atoms with Crippen LogP contribution in [0.25, 0.3) is 0 Å². The van der Waals surface area contributed by atoms with Crippen molar-refractivity contribution in [1.29, 1.82) is 0 Å². The van der Waals surface area contributed by atoms with Crippen LogP contribution in [0.15, 0.2) is 27.6 Å². The molecule has 2 heterocycles. The molecule has 1 saturated carbocycles. The van der Waals surface area contributed by atoms with Crippen LogP contribution < -0.4 is 10.1 Å². The van der Waals surface area contributed by atoms with Crippen LogP contribution in [0.2, 0.25) is 0 Å². The normalized spacial score (nSPS) is 21.4. The lowest BCUT2D eigenvalue weighted by molar-refractivity contribution is -0.134. The van der Waals surface area contributed by atoms with E-state index in [4.69, 9.17) is 9.26 Å². The van der Waals surface area contributed by atoms with Crippen molar-refractivity contribution in [3.8, 4) is 5.75 Å². The molecule has 0 saturated heterocycles. The second-order valence-corrected chi connectivity index (χ2v) is 13.5. The summed E-state index contributed by atoms with van der Waals surface area (Å²) in [6.07, 6.45) is 4.37. The summed E-state index contributed by atoms with van der Waals surface area (Å²) in [4.78, 5) is 28.0. The number of nitrogens with zero attached hydrogens (tertiary/aromatic N) is 3. The minimum absolute atomic E-state index is 0.00268. The highest BCUT2D eigenvalue weighted by Crippen LogP contribution is 2.31. The summed E-state index contributed by atoms with van der Waals surface area (Å²) >= 11 is 0. The van der Waals surface area contributed by atoms with Crippen LogP contribution in [0.4, 0.5) is 5.69 Å². The predicted molar refractivity (Wildman–Crippen MR) is 153 cm³/mol. The molecule has 1 aromatic heterocycles. The smallest absolute Gasteiger partial charge is 0.248 e. The maximum Gasteiger partial charge on any atom is 0.248 e. The van der Waals surface area contributed by atoms with E-state index < -0.39 is 22.2 Å². The minimum Gasteiger partial charge on any atom is -0.488 e. The molecule has 2 aromatic rings. The quantitative estimate of drug-likeness (QED) is 0.477. The van der Waals surface area contributed by atoms with Gasteiger partial charge < -0.3 is 24.6 Å². The van der Waals surface area contributed by atoms with Gasteiger partial charge in [0, 0.05) is 36.7 Å². The first kappa shape index (κ1) is 31.0. The first-order valence-corrected chi connectivity index (χ1v) is 15.8. The van der Waals surface area contributed by atoms with Gasteiger partial charge in [-0.2, -0.15) is 4.31 Å². The molecule has 0 spiro atoms. The summed E-state index contributed by atoms with van der Waals surface area (Å²) < 4.78 is 39.7. The molecule has 41 heavy (non-hydrogen) atoms. The number of amides is 2. The number of aliphatic hydroxyl groups excluding tert-OH is 1. The zero-order valence-corrected chi connectivity index (χ0v) is 25.4. The third-order valence-electron chi connectivity index (χ3n) is 8.23. The summed E-state index contributed by atoms with van der Waals surface area (Å²) in [6, 6.07) is 4.80. The number of aliphatic hydroxyl groups is 1. The second-order valence-electron chi connectivity index (χ2n) is 11.5. The first-order chi connectivity index (χ1) is 19.4. The Morgan fingerprint density at radius 3 is 2.59 bits per heavy atom. The molecule has 4 rings (SSSR count). The van der Waals surface area contributed by atoms with Crippen molar-refractivity contribution in [3.05, 3.63) is 35.2 Å². The molecule has 1 fully saturated rings. The Bertz CT molecular complexity index is 1330. The molecule has 2 aliphatic rings. The van der Waals surface area contributed by atoms with Crippen molar-refractivity contribution in [1.82, 2.24) is 14.4 Å². The molecule has 226 valence electrons. The fourth-order valence-electron chi connectivity index (χ4n) is 5.68. The minimum atomic E-state index is -3.93. The highest BCUT2D eigenvalue weighted by molar-refractivity contribution is 7.89. The van der Waals surface area contributed by atoms with Gasteiger partial charge in [-0.25, -0.2) is 8.42 Å². The molecular formula is C29H42N4O7S. The van der Waals surface area contributed by atoms with E-state index in [1.165, 1.54) is 11.4 Å². The maximum atomic E-state index is 13.5. The van der Waals surface area contributed by atoms with E-state index in [9.17, 15) is 23.1 Å². The number of hydrogen-bond donors (Lipinski definition) is 2. The Hall–Kier alpha value is -2.96. The lowest BCUT2D eigenvalue weighted by Crippen LogP contribution is -2.48. The number of benzene rings is 1. The number of ether oxygens (including phenoxy) is 1. The fourth-order valence-corrected chi connectivity index (χ4v) is 7.15. The van der Waals surface area contributed by atoms with Crippen LogP contribution in [-0.2, 0) is 26.0 Å². The maximum absolute atomic E-state index is 13.5. The van der Waals surface area contributed by atoms with Crippen LogP contribution in [0, 0.1) is 25.7 Å². The molecule has 3 atom stereocenters. The lowest BCUT2D eigenvalue weighted by Gasteiger charge is -2.33. The van der Waals surface area contributed by atoms with Crippen molar-refractivity contribution in [2.24, 2.45) is 11.8 Å². The number of carbonyl (C=O) groups is 2. The van der Waals surface area contributed by atoms with E-state index in [1.54, 1.807) is 43.9 Å². The van der Waals surface area contributed by atoms with Crippen LogP contribution >= 0.6 is 0 Å². The number of hydrogen-bond acceptors (Lipinski definition) is 8. The van der Waals surface area contributed by atoms with Gasteiger partial charge in [0.15, 0.2) is 5.76 Å². The standard InChI is InChI=1S/C29H42N4O7S/c1-18-15-33(19(2)17-34)27(35)14-23-13-24(30-29(36)22-9-7-6-8-10-22)11-12-25(23)39-26(18)16-32(5)41(37,38)28-20(3)31-40-21(28)4/h11-13,18-19,22,26,34H,6-10,14-17H2,1-5H3,(H,30,36)/t18-,19-,26+/m1/s1. The fraction of sp³-hybridized carbons (Fsp3) is 0.621. The predicted octanol–water partition coefficient (Wildman–Crippen LogP) is 3.28. The van der Waals surface area contributed by atoms with Crippen LogP contribution in [0.5, 0.6) is 5.75 Å². The van der Waals surface area contributed by atoms with E-state index in [2.05, 4.69) is 10.5 Å². The highest BCUT2D eigenvalue weighted by atomic mass is 32.2. The molecule has 12 heteroatoms. The monoisotopic (exact) mass is 590 g/mol. The molecule has 1 aliphatic heterocycles. The van der Waals surface area contributed by atoms with Gasteiger partial charge in [0.1, 0.15) is 22.4 Å². The molecule has 2 N–H and O–H groups in total. The van der Waals surface area contributed by atoms with Gasteiger partial charge in [0.05, 0.1) is 25.6 Å². The molecule has 2 amide bonds. The molecule has 11 nitrogen and oxygen atoms in total. The molecule has 0 unspecified atom stereocenters. The number of rotatable bonds is 8. The van der Waals surface area contributed by atoms with Crippen molar-refractivity contribution < 1.29 is 32.4 Å². The van der Waals surface area contributed by atoms with Gasteiger partial charge in [-0.05, 0) is 51.8 Å². The number of aromatic nitrogens is 1. The van der Waals surface area contributed by atoms with E-state index in [-0.39, 0.29) is 66.1 Å².